The molecule has 0 saturated heterocycles. The first-order chi connectivity index (χ1) is 10.5. The summed E-state index contributed by atoms with van der Waals surface area (Å²) < 4.78 is 6.06. The molecule has 0 saturated carbocycles. The van der Waals surface area contributed by atoms with Gasteiger partial charge in [-0.3, -0.25) is 14.4 Å². The quantitative estimate of drug-likeness (QED) is 0.845. The lowest BCUT2D eigenvalue weighted by Gasteiger charge is -2.08. The molecule has 2 aromatic rings. The highest BCUT2D eigenvalue weighted by Gasteiger charge is 2.09. The van der Waals surface area contributed by atoms with Crippen LogP contribution in [-0.2, 0) is 20.9 Å². The smallest absolute Gasteiger partial charge is 0.326 e. The van der Waals surface area contributed by atoms with Gasteiger partial charge in [0.25, 0.3) is 11.5 Å². The van der Waals surface area contributed by atoms with Crippen LogP contribution in [0.2, 0.25) is 0 Å². The van der Waals surface area contributed by atoms with Crippen molar-refractivity contribution in [3.63, 3.8) is 0 Å². The molecule has 0 aliphatic carbocycles. The molecular weight excluding hydrogens is 284 g/mol. The number of carbonyl (C=O) groups excluding carboxylic acids is 2. The van der Waals surface area contributed by atoms with E-state index in [2.05, 4.69) is 5.32 Å². The largest absolute Gasteiger partial charge is 0.454 e. The molecule has 22 heavy (non-hydrogen) atoms. The van der Waals surface area contributed by atoms with E-state index in [1.165, 1.54) is 16.8 Å². The Morgan fingerprint density at radius 1 is 1.18 bits per heavy atom. The van der Waals surface area contributed by atoms with Crippen molar-refractivity contribution < 1.29 is 14.3 Å². The summed E-state index contributed by atoms with van der Waals surface area (Å²) in [4.78, 5) is 34.7. The van der Waals surface area contributed by atoms with E-state index in [4.69, 9.17) is 4.74 Å². The lowest BCUT2D eigenvalue weighted by Crippen LogP contribution is -2.26. The molecule has 0 radical (unpaired) electrons. The summed E-state index contributed by atoms with van der Waals surface area (Å²) >= 11 is 0. The van der Waals surface area contributed by atoms with E-state index in [0.29, 0.717) is 5.69 Å². The fraction of sp³-hybridized carbons (Fsp3) is 0.188. The van der Waals surface area contributed by atoms with Crippen LogP contribution in [0.3, 0.4) is 0 Å². The van der Waals surface area contributed by atoms with Gasteiger partial charge in [-0.2, -0.15) is 0 Å². The van der Waals surface area contributed by atoms with Gasteiger partial charge in [0.15, 0.2) is 6.61 Å². The van der Waals surface area contributed by atoms with Gasteiger partial charge >= 0.3 is 5.97 Å². The summed E-state index contributed by atoms with van der Waals surface area (Å²) in [6, 6.07) is 11.8. The second-order valence-corrected chi connectivity index (χ2v) is 4.75. The maximum Gasteiger partial charge on any atom is 0.326 e. The Hall–Kier alpha value is -2.89. The summed E-state index contributed by atoms with van der Waals surface area (Å²) in [6.07, 6.45) is 1.48. The topological polar surface area (TPSA) is 77.4 Å². The molecule has 0 aliphatic rings. The van der Waals surface area contributed by atoms with E-state index in [-0.39, 0.29) is 12.1 Å². The van der Waals surface area contributed by atoms with Gasteiger partial charge in [-0.25, -0.2) is 0 Å². The average molecular weight is 300 g/mol. The third-order valence-corrected chi connectivity index (χ3v) is 2.86. The van der Waals surface area contributed by atoms with Crippen molar-refractivity contribution in [3.05, 3.63) is 64.6 Å². The number of aryl methyl sites for hydroxylation is 1. The maximum absolute atomic E-state index is 11.7. The van der Waals surface area contributed by atoms with Crippen LogP contribution in [-0.4, -0.2) is 23.1 Å². The van der Waals surface area contributed by atoms with E-state index in [0.717, 1.165) is 5.56 Å². The standard InChI is InChI=1S/C16H16N2O4/c1-12-5-4-6-13(9-12)17-14(19)11-22-16(21)10-18-8-3-2-7-15(18)20/h2-9H,10-11H2,1H3,(H,17,19). The van der Waals surface area contributed by atoms with Gasteiger partial charge in [-0.1, -0.05) is 18.2 Å². The molecule has 1 amide bonds. The molecule has 0 bridgehead atoms. The second-order valence-electron chi connectivity index (χ2n) is 4.75. The molecule has 1 heterocycles. The van der Waals surface area contributed by atoms with Crippen LogP contribution >= 0.6 is 0 Å². The molecular formula is C16H16N2O4. The monoisotopic (exact) mass is 300 g/mol. The Balaban J connectivity index is 1.82. The molecule has 0 aliphatic heterocycles. The number of nitrogens with zero attached hydrogens (tertiary/aromatic N) is 1. The number of rotatable bonds is 5. The minimum atomic E-state index is -0.646. The highest BCUT2D eigenvalue weighted by Crippen LogP contribution is 2.09. The molecule has 6 nitrogen and oxygen atoms in total. The van der Waals surface area contributed by atoms with Crippen molar-refractivity contribution in [3.8, 4) is 0 Å². The number of hydrogen-bond donors (Lipinski definition) is 1. The average Bonchev–Trinajstić information content (AvgIpc) is 2.48. The first kappa shape index (κ1) is 15.5. The lowest BCUT2D eigenvalue weighted by molar-refractivity contribution is -0.147. The molecule has 1 N–H and O–H groups in total. The summed E-state index contributed by atoms with van der Waals surface area (Å²) in [5.74, 6) is -1.08. The first-order valence-electron chi connectivity index (χ1n) is 6.72. The molecule has 0 unspecified atom stereocenters. The molecule has 6 heteroatoms. The highest BCUT2D eigenvalue weighted by atomic mass is 16.5. The molecule has 0 spiro atoms. The third-order valence-electron chi connectivity index (χ3n) is 2.86. The fourth-order valence-electron chi connectivity index (χ4n) is 1.84. The number of pyridine rings is 1. The number of nitrogens with one attached hydrogen (secondary N) is 1. The SMILES string of the molecule is Cc1cccc(NC(=O)COC(=O)Cn2ccccc2=O)c1. The Bertz CT molecular complexity index is 737. The van der Waals surface area contributed by atoms with Crippen LogP contribution in [0.1, 0.15) is 5.56 Å². The normalized spacial score (nSPS) is 10.0. The first-order valence-corrected chi connectivity index (χ1v) is 6.72. The highest BCUT2D eigenvalue weighted by molar-refractivity contribution is 5.92. The Morgan fingerprint density at radius 3 is 2.73 bits per heavy atom. The Morgan fingerprint density at radius 2 is 2.00 bits per heavy atom. The molecule has 2 rings (SSSR count). The van der Waals surface area contributed by atoms with E-state index in [1.807, 2.05) is 25.1 Å². The summed E-state index contributed by atoms with van der Waals surface area (Å²) in [5.41, 5.74) is 1.35. The zero-order valence-corrected chi connectivity index (χ0v) is 12.1. The number of amides is 1. The number of aromatic nitrogens is 1. The van der Waals surface area contributed by atoms with Crippen LogP contribution < -0.4 is 10.9 Å². The van der Waals surface area contributed by atoms with Gasteiger partial charge in [-0.15, -0.1) is 0 Å². The van der Waals surface area contributed by atoms with E-state index >= 15 is 0 Å². The van der Waals surface area contributed by atoms with Gasteiger partial charge in [0.2, 0.25) is 0 Å². The minimum Gasteiger partial charge on any atom is -0.454 e. The molecule has 114 valence electrons. The zero-order valence-electron chi connectivity index (χ0n) is 12.1. The summed E-state index contributed by atoms with van der Waals surface area (Å²) in [5, 5.41) is 2.63. The third kappa shape index (κ3) is 4.59. The van der Waals surface area contributed by atoms with E-state index in [9.17, 15) is 14.4 Å². The number of carbonyl (C=O) groups is 2. The molecule has 1 aromatic carbocycles. The molecule has 1 aromatic heterocycles. The summed E-state index contributed by atoms with van der Waals surface area (Å²) in [7, 11) is 0. The minimum absolute atomic E-state index is 0.225. The van der Waals surface area contributed by atoms with Crippen molar-refractivity contribution in [1.29, 1.82) is 0 Å². The Kier molecular flexibility index (Phi) is 5.08. The van der Waals surface area contributed by atoms with Crippen molar-refractivity contribution in [2.75, 3.05) is 11.9 Å². The van der Waals surface area contributed by atoms with Crippen LogP contribution in [0.25, 0.3) is 0 Å². The molecule has 0 atom stereocenters. The second kappa shape index (κ2) is 7.21. The predicted octanol–water partition coefficient (Wildman–Crippen LogP) is 1.34. The summed E-state index contributed by atoms with van der Waals surface area (Å²) in [6.45, 7) is 1.29. The van der Waals surface area contributed by atoms with Crippen molar-refractivity contribution in [2.45, 2.75) is 13.5 Å². The van der Waals surface area contributed by atoms with Gasteiger partial charge in [-0.05, 0) is 30.7 Å². The van der Waals surface area contributed by atoms with Gasteiger partial charge in [0, 0.05) is 18.0 Å². The number of benzene rings is 1. The fourth-order valence-corrected chi connectivity index (χ4v) is 1.84. The predicted molar refractivity (Wildman–Crippen MR) is 81.5 cm³/mol. The van der Waals surface area contributed by atoms with Crippen molar-refractivity contribution in [2.24, 2.45) is 0 Å². The van der Waals surface area contributed by atoms with Crippen molar-refractivity contribution >= 4 is 17.6 Å². The van der Waals surface area contributed by atoms with Gasteiger partial charge in [0.1, 0.15) is 6.54 Å². The van der Waals surface area contributed by atoms with E-state index < -0.39 is 18.5 Å². The number of ether oxygens (including phenoxy) is 1. The number of anilines is 1. The zero-order chi connectivity index (χ0) is 15.9. The van der Waals surface area contributed by atoms with E-state index in [1.54, 1.807) is 18.2 Å². The Labute approximate surface area is 127 Å². The van der Waals surface area contributed by atoms with Crippen molar-refractivity contribution in [1.82, 2.24) is 4.57 Å². The van der Waals surface area contributed by atoms with Gasteiger partial charge < -0.3 is 14.6 Å². The maximum atomic E-state index is 11.7. The number of hydrogen-bond acceptors (Lipinski definition) is 4. The number of esters is 1. The van der Waals surface area contributed by atoms with Crippen LogP contribution in [0.4, 0.5) is 5.69 Å². The molecule has 0 fully saturated rings. The van der Waals surface area contributed by atoms with Crippen LogP contribution in [0, 0.1) is 6.92 Å². The lowest BCUT2D eigenvalue weighted by atomic mass is 10.2. The van der Waals surface area contributed by atoms with Crippen LogP contribution in [0.15, 0.2) is 53.5 Å². The van der Waals surface area contributed by atoms with Crippen LogP contribution in [0.5, 0.6) is 0 Å². The van der Waals surface area contributed by atoms with Gasteiger partial charge in [0.05, 0.1) is 0 Å².